The zero-order valence-electron chi connectivity index (χ0n) is 19.8. The number of fused-ring (bicyclic) bond motifs is 1. The number of rotatable bonds is 5. The van der Waals surface area contributed by atoms with E-state index in [0.717, 1.165) is 36.7 Å². The molecule has 5 aromatic heterocycles. The number of nitrogens with zero attached hydrogens (tertiary/aromatic N) is 7. The van der Waals surface area contributed by atoms with Crippen molar-refractivity contribution in [3.8, 4) is 33.1 Å². The number of aryl methyl sites for hydroxylation is 2. The molecule has 1 aromatic carbocycles. The van der Waals surface area contributed by atoms with Gasteiger partial charge in [-0.1, -0.05) is 12.1 Å². The number of pyridine rings is 1. The zero-order valence-corrected chi connectivity index (χ0v) is 22.7. The lowest BCUT2D eigenvalue weighted by atomic mass is 10.1. The summed E-state index contributed by atoms with van der Waals surface area (Å²) in [6.07, 6.45) is 7.10. The maximum Gasteiger partial charge on any atom is 0.268 e. The van der Waals surface area contributed by atoms with Crippen LogP contribution in [-0.2, 0) is 7.05 Å². The fourth-order valence-electron chi connectivity index (χ4n) is 3.98. The minimum absolute atomic E-state index is 0.262. The van der Waals surface area contributed by atoms with E-state index in [2.05, 4.69) is 72.2 Å². The van der Waals surface area contributed by atoms with Crippen molar-refractivity contribution in [1.82, 2.24) is 34.3 Å². The summed E-state index contributed by atoms with van der Waals surface area (Å²) in [5.41, 5.74) is 5.68. The number of imidazole rings is 1. The molecule has 0 aliphatic carbocycles. The van der Waals surface area contributed by atoms with Crippen molar-refractivity contribution >= 4 is 51.3 Å². The Morgan fingerprint density at radius 3 is 2.62 bits per heavy atom. The second-order valence-electron chi connectivity index (χ2n) is 8.35. The first kappa shape index (κ1) is 23.4. The molecule has 0 saturated heterocycles. The lowest BCUT2D eigenvalue weighted by Crippen LogP contribution is -2.11. The fourth-order valence-corrected chi connectivity index (χ4v) is 5.29. The normalized spacial score (nSPS) is 11.2. The van der Waals surface area contributed by atoms with E-state index in [1.54, 1.807) is 27.8 Å². The molecule has 0 aliphatic rings. The first-order chi connectivity index (χ1) is 17.9. The van der Waals surface area contributed by atoms with Crippen LogP contribution in [0.2, 0.25) is 0 Å². The standard InChI is InChI=1S/C26H19IN8OS/c1-15-24(37-26(29-15)17-4-3-11-28-12-17)25(36)31-21-14-35-22(30-21)10-9-20(32-35)19-13-34(2)33-23(19)16-5-7-18(27)8-6-16/h3-14H,1-2H3,(H,31,36). The van der Waals surface area contributed by atoms with Gasteiger partial charge in [0.25, 0.3) is 5.91 Å². The maximum atomic E-state index is 13.0. The average molecular weight is 618 g/mol. The Morgan fingerprint density at radius 1 is 1.00 bits per heavy atom. The quantitative estimate of drug-likeness (QED) is 0.257. The van der Waals surface area contributed by atoms with Gasteiger partial charge in [0.1, 0.15) is 15.6 Å². The molecule has 6 aromatic rings. The van der Waals surface area contributed by atoms with Crippen molar-refractivity contribution in [2.45, 2.75) is 6.92 Å². The highest BCUT2D eigenvalue weighted by atomic mass is 127. The maximum absolute atomic E-state index is 13.0. The van der Waals surface area contributed by atoms with Crippen molar-refractivity contribution in [3.63, 3.8) is 0 Å². The summed E-state index contributed by atoms with van der Waals surface area (Å²) in [4.78, 5) is 26.8. The number of nitrogens with one attached hydrogen (secondary N) is 1. The SMILES string of the molecule is Cc1nc(-c2cccnc2)sc1C(=O)Nc1cn2nc(-c3cn(C)nc3-c3ccc(I)cc3)ccc2n1. The number of thiazole rings is 1. The average Bonchev–Trinajstić information content (AvgIpc) is 3.60. The third-order valence-corrected chi connectivity index (χ3v) is 7.62. The summed E-state index contributed by atoms with van der Waals surface area (Å²) in [5, 5.41) is 13.1. The molecule has 0 spiro atoms. The van der Waals surface area contributed by atoms with Crippen LogP contribution in [0.5, 0.6) is 0 Å². The fraction of sp³-hybridized carbons (Fsp3) is 0.0769. The Labute approximate surface area is 229 Å². The highest BCUT2D eigenvalue weighted by Crippen LogP contribution is 2.31. The summed E-state index contributed by atoms with van der Waals surface area (Å²) >= 11 is 3.61. The molecule has 0 aliphatic heterocycles. The summed E-state index contributed by atoms with van der Waals surface area (Å²) in [6.45, 7) is 1.82. The molecule has 0 bridgehead atoms. The molecule has 0 unspecified atom stereocenters. The van der Waals surface area contributed by atoms with E-state index in [-0.39, 0.29) is 5.91 Å². The van der Waals surface area contributed by atoms with Crippen LogP contribution < -0.4 is 5.32 Å². The number of anilines is 1. The second kappa shape index (κ2) is 9.48. The van der Waals surface area contributed by atoms with Crippen molar-refractivity contribution < 1.29 is 4.79 Å². The monoisotopic (exact) mass is 618 g/mol. The number of benzene rings is 1. The molecule has 6 rings (SSSR count). The lowest BCUT2D eigenvalue weighted by Gasteiger charge is -2.03. The van der Waals surface area contributed by atoms with Crippen molar-refractivity contribution in [2.75, 3.05) is 5.32 Å². The van der Waals surface area contributed by atoms with Crippen LogP contribution in [0.4, 0.5) is 5.82 Å². The van der Waals surface area contributed by atoms with Crippen molar-refractivity contribution in [1.29, 1.82) is 0 Å². The first-order valence-electron chi connectivity index (χ1n) is 11.3. The van der Waals surface area contributed by atoms with Crippen LogP contribution in [0.15, 0.2) is 73.3 Å². The molecule has 0 atom stereocenters. The number of hydrogen-bond acceptors (Lipinski definition) is 7. The molecule has 0 radical (unpaired) electrons. The molecule has 0 fully saturated rings. The van der Waals surface area contributed by atoms with Gasteiger partial charge in [0, 0.05) is 45.9 Å². The Kier molecular flexibility index (Phi) is 6.00. The molecule has 1 amide bonds. The Morgan fingerprint density at radius 2 is 1.84 bits per heavy atom. The van der Waals surface area contributed by atoms with Gasteiger partial charge in [-0.05, 0) is 65.9 Å². The number of carbonyl (C=O) groups is 1. The van der Waals surface area contributed by atoms with Crippen LogP contribution in [0.3, 0.4) is 0 Å². The zero-order chi connectivity index (χ0) is 25.5. The predicted octanol–water partition coefficient (Wildman–Crippen LogP) is 5.48. The van der Waals surface area contributed by atoms with E-state index in [0.29, 0.717) is 22.0 Å². The summed E-state index contributed by atoms with van der Waals surface area (Å²) in [5.74, 6) is 0.149. The van der Waals surface area contributed by atoms with Gasteiger partial charge in [0.15, 0.2) is 11.5 Å². The summed E-state index contributed by atoms with van der Waals surface area (Å²) in [7, 11) is 1.89. The third kappa shape index (κ3) is 4.62. The number of amides is 1. The summed E-state index contributed by atoms with van der Waals surface area (Å²) < 4.78 is 4.61. The smallest absolute Gasteiger partial charge is 0.268 e. The van der Waals surface area contributed by atoms with Crippen LogP contribution >= 0.6 is 33.9 Å². The third-order valence-electron chi connectivity index (χ3n) is 5.70. The first-order valence-corrected chi connectivity index (χ1v) is 13.2. The van der Waals surface area contributed by atoms with E-state index in [1.807, 2.05) is 44.4 Å². The molecule has 37 heavy (non-hydrogen) atoms. The van der Waals surface area contributed by atoms with Crippen LogP contribution in [-0.4, -0.2) is 40.3 Å². The van der Waals surface area contributed by atoms with Gasteiger partial charge in [-0.25, -0.2) is 14.5 Å². The minimum atomic E-state index is -0.262. The van der Waals surface area contributed by atoms with E-state index in [4.69, 9.17) is 5.10 Å². The van der Waals surface area contributed by atoms with Gasteiger partial charge >= 0.3 is 0 Å². The largest absolute Gasteiger partial charge is 0.304 e. The molecule has 9 nitrogen and oxygen atoms in total. The van der Waals surface area contributed by atoms with Crippen molar-refractivity contribution in [2.24, 2.45) is 7.05 Å². The second-order valence-corrected chi connectivity index (χ2v) is 10.6. The Bertz CT molecular complexity index is 1760. The molecule has 11 heteroatoms. The Hall–Kier alpha value is -3.97. The van der Waals surface area contributed by atoms with Gasteiger partial charge in [-0.15, -0.1) is 11.3 Å². The van der Waals surface area contributed by atoms with Gasteiger partial charge in [0.2, 0.25) is 0 Å². The van der Waals surface area contributed by atoms with E-state index in [9.17, 15) is 4.79 Å². The minimum Gasteiger partial charge on any atom is -0.304 e. The van der Waals surface area contributed by atoms with E-state index in [1.165, 1.54) is 11.3 Å². The van der Waals surface area contributed by atoms with E-state index < -0.39 is 0 Å². The van der Waals surface area contributed by atoms with Gasteiger partial charge in [-0.2, -0.15) is 10.2 Å². The predicted molar refractivity (Wildman–Crippen MR) is 151 cm³/mol. The van der Waals surface area contributed by atoms with Crippen LogP contribution in [0.1, 0.15) is 15.4 Å². The number of carbonyl (C=O) groups excluding carboxylic acids is 1. The number of aromatic nitrogens is 7. The van der Waals surface area contributed by atoms with Gasteiger partial charge < -0.3 is 5.32 Å². The topological polar surface area (TPSA) is 103 Å². The molecular weight excluding hydrogens is 599 g/mol. The highest BCUT2D eigenvalue weighted by molar-refractivity contribution is 14.1. The van der Waals surface area contributed by atoms with Gasteiger partial charge in [0.05, 0.1) is 17.6 Å². The molecule has 0 saturated carbocycles. The van der Waals surface area contributed by atoms with Gasteiger partial charge in [-0.3, -0.25) is 14.5 Å². The highest BCUT2D eigenvalue weighted by Gasteiger charge is 2.19. The summed E-state index contributed by atoms with van der Waals surface area (Å²) in [6, 6.07) is 15.8. The number of hydrogen-bond donors (Lipinski definition) is 1. The van der Waals surface area contributed by atoms with Crippen molar-refractivity contribution in [3.05, 3.63) is 87.5 Å². The molecule has 5 heterocycles. The number of halogens is 1. The molecular formula is C26H19IN8OS. The van der Waals surface area contributed by atoms with Crippen LogP contribution in [0, 0.1) is 10.5 Å². The lowest BCUT2D eigenvalue weighted by molar-refractivity contribution is 0.102. The Balaban J connectivity index is 1.28. The van der Waals surface area contributed by atoms with E-state index >= 15 is 0 Å². The molecule has 1 N–H and O–H groups in total. The molecule has 182 valence electrons. The van der Waals surface area contributed by atoms with Crippen LogP contribution in [0.25, 0.3) is 38.7 Å².